The van der Waals surface area contributed by atoms with Crippen LogP contribution in [0.2, 0.25) is 0 Å². The topological polar surface area (TPSA) is 153 Å². The number of hydrogen-bond donors (Lipinski definition) is 2. The van der Waals surface area contributed by atoms with Crippen molar-refractivity contribution in [2.45, 2.75) is 127 Å². The number of piperidine rings is 2. The van der Waals surface area contributed by atoms with Gasteiger partial charge in [0.05, 0.1) is 58.3 Å². The van der Waals surface area contributed by atoms with Gasteiger partial charge in [-0.15, -0.1) is 12.4 Å². The molecule has 3 saturated heterocycles. The molecule has 3 atom stereocenters. The Morgan fingerprint density at radius 2 is 1.75 bits per heavy atom. The Balaban J connectivity index is 0.00000622. The lowest BCUT2D eigenvalue weighted by atomic mass is 9.85. The minimum absolute atomic E-state index is 0. The molecule has 4 fully saturated rings. The number of anilines is 2. The van der Waals surface area contributed by atoms with Gasteiger partial charge >= 0.3 is 6.18 Å². The molecule has 4 heterocycles. The number of aromatic nitrogens is 2. The zero-order valence-electron chi connectivity index (χ0n) is 34.9. The number of imide groups is 1. The zero-order valence-corrected chi connectivity index (χ0v) is 36.5. The number of ether oxygens (including phenoxy) is 1. The Hall–Kier alpha value is -4.63. The van der Waals surface area contributed by atoms with E-state index in [2.05, 4.69) is 34.5 Å². The highest BCUT2D eigenvalue weighted by Gasteiger charge is 2.53. The van der Waals surface area contributed by atoms with Gasteiger partial charge in [0.25, 0.3) is 5.91 Å². The maximum Gasteiger partial charge on any atom is 0.417 e. The summed E-state index contributed by atoms with van der Waals surface area (Å²) in [6, 6.07) is 10.6. The van der Waals surface area contributed by atoms with Gasteiger partial charge in [-0.25, -0.2) is 0 Å². The summed E-state index contributed by atoms with van der Waals surface area (Å²) < 4.78 is 49.4. The van der Waals surface area contributed by atoms with Gasteiger partial charge in [0.1, 0.15) is 5.54 Å². The van der Waals surface area contributed by atoms with Crippen molar-refractivity contribution in [1.29, 1.82) is 5.26 Å². The highest BCUT2D eigenvalue weighted by Crippen LogP contribution is 2.41. The van der Waals surface area contributed by atoms with Crippen LogP contribution in [0, 0.1) is 17.2 Å². The lowest BCUT2D eigenvalue weighted by Crippen LogP contribution is -2.51. The number of nitriles is 1. The third kappa shape index (κ3) is 9.14. The molecule has 7 rings (SSSR count). The Bertz CT molecular complexity index is 2240. The number of amides is 4. The van der Waals surface area contributed by atoms with E-state index in [1.165, 1.54) is 11.0 Å². The molecule has 1 aliphatic carbocycles. The van der Waals surface area contributed by atoms with Crippen LogP contribution in [0.25, 0.3) is 10.9 Å². The van der Waals surface area contributed by atoms with Crippen molar-refractivity contribution in [1.82, 2.24) is 24.9 Å². The fourth-order valence-corrected chi connectivity index (χ4v) is 10.4. The summed E-state index contributed by atoms with van der Waals surface area (Å²) in [7, 11) is 1.78. The number of para-hydroxylation sites is 1. The van der Waals surface area contributed by atoms with Crippen molar-refractivity contribution in [3.63, 3.8) is 0 Å². The van der Waals surface area contributed by atoms with E-state index in [0.717, 1.165) is 55.1 Å². The second kappa shape index (κ2) is 18.0. The first-order chi connectivity index (χ1) is 28.4. The van der Waals surface area contributed by atoms with Crippen molar-refractivity contribution >= 4 is 75.6 Å². The molecule has 2 N–H and O–H groups in total. The minimum Gasteiger partial charge on any atom is -0.378 e. The molecule has 3 aliphatic heterocycles. The summed E-state index contributed by atoms with van der Waals surface area (Å²) in [6.07, 6.45) is 1.60. The Kier molecular flexibility index (Phi) is 13.5. The first-order valence-corrected chi connectivity index (χ1v) is 21.1. The minimum atomic E-state index is -4.76. The Morgan fingerprint density at radius 3 is 2.39 bits per heavy atom. The van der Waals surface area contributed by atoms with Gasteiger partial charge in [0.2, 0.25) is 17.7 Å². The van der Waals surface area contributed by atoms with Crippen molar-refractivity contribution in [3.8, 4) is 6.07 Å². The van der Waals surface area contributed by atoms with Crippen LogP contribution in [0.15, 0.2) is 36.4 Å². The molecule has 3 unspecified atom stereocenters. The molecular formula is C43H52ClF3N8O5S. The van der Waals surface area contributed by atoms with E-state index in [9.17, 15) is 37.6 Å². The van der Waals surface area contributed by atoms with Crippen molar-refractivity contribution in [3.05, 3.63) is 53.2 Å². The number of nitrogens with one attached hydrogen (secondary N) is 2. The number of alkyl halides is 3. The number of hydrogen-bond acceptors (Lipinski definition) is 9. The van der Waals surface area contributed by atoms with Crippen molar-refractivity contribution in [2.75, 3.05) is 23.4 Å². The summed E-state index contributed by atoms with van der Waals surface area (Å²) in [4.78, 5) is 56.8. The quantitative estimate of drug-likeness (QED) is 0.161. The fraction of sp³-hybridized carbons (Fsp3) is 0.558. The summed E-state index contributed by atoms with van der Waals surface area (Å²) in [5.41, 5.74) is -0.784. The van der Waals surface area contributed by atoms with E-state index < -0.39 is 34.7 Å². The number of carbonyl (C=O) groups excluding carboxylic acids is 4. The molecule has 1 saturated carbocycles. The van der Waals surface area contributed by atoms with Gasteiger partial charge in [-0.1, -0.05) is 12.1 Å². The second-order valence-corrected chi connectivity index (χ2v) is 17.6. The number of likely N-dealkylation sites (tertiary alicyclic amines) is 1. The standard InChI is InChI=1S/C43H51F3N8O5S.ClH/c1-24-19-26(20-25(2)52(24)23-36(56)48-34-8-6-7-31-37(50-51(5)38(31)34)32-15-16-35(55)49-39(32)57)17-18-59-30-13-11-28(12-14-30)54-41(60)53(40(58)42(54,3)4)29-10-9-27(22-47)33(21-29)43(44,45)46;/h6-10,21,24-26,28,30,32H,11-20,23H2,1-5H3,(H,48,56)(H,49,55,57);1H. The molecule has 13 nitrogen and oxygen atoms in total. The van der Waals surface area contributed by atoms with Crippen LogP contribution in [0.5, 0.6) is 0 Å². The molecule has 4 amide bonds. The van der Waals surface area contributed by atoms with Gasteiger partial charge in [0, 0.05) is 43.6 Å². The molecule has 3 aromatic rings. The molecule has 1 aromatic heterocycles. The molecule has 2 aromatic carbocycles. The average Bonchev–Trinajstić information content (AvgIpc) is 3.61. The number of fused-ring (bicyclic) bond motifs is 1. The molecule has 0 spiro atoms. The number of carbonyl (C=O) groups is 4. The van der Waals surface area contributed by atoms with Crippen LogP contribution in [0.4, 0.5) is 24.5 Å². The van der Waals surface area contributed by atoms with E-state index in [-0.39, 0.29) is 78.1 Å². The third-order valence-electron chi connectivity index (χ3n) is 12.8. The van der Waals surface area contributed by atoms with Gasteiger partial charge < -0.3 is 15.0 Å². The number of halogens is 4. The molecule has 18 heteroatoms. The summed E-state index contributed by atoms with van der Waals surface area (Å²) in [5, 5.41) is 20.3. The predicted molar refractivity (Wildman–Crippen MR) is 229 cm³/mol. The normalized spacial score (nSPS) is 26.0. The predicted octanol–water partition coefficient (Wildman–Crippen LogP) is 6.96. The summed E-state index contributed by atoms with van der Waals surface area (Å²) in [6.45, 7) is 8.62. The van der Waals surface area contributed by atoms with Crippen LogP contribution in [-0.2, 0) is 37.1 Å². The Labute approximate surface area is 364 Å². The first-order valence-electron chi connectivity index (χ1n) is 20.6. The molecule has 0 bridgehead atoms. The lowest BCUT2D eigenvalue weighted by molar-refractivity contribution is -0.138. The highest BCUT2D eigenvalue weighted by molar-refractivity contribution is 7.80. The number of nitrogens with zero attached hydrogens (tertiary/aromatic N) is 6. The monoisotopic (exact) mass is 884 g/mol. The van der Waals surface area contributed by atoms with Crippen LogP contribution < -0.4 is 15.5 Å². The SMILES string of the molecule is CC1CC(CCOC2CCC(N3C(=S)N(c4ccc(C#N)c(C(F)(F)F)c4)C(=O)C3(C)C)CC2)CC(C)N1CC(=O)Nc1cccc2c(C3CCC(=O)NC3=O)nn(C)c12.Cl. The summed E-state index contributed by atoms with van der Waals surface area (Å²) in [5.74, 6) is -1.30. The second-order valence-electron chi connectivity index (χ2n) is 17.3. The van der Waals surface area contributed by atoms with E-state index in [1.807, 2.05) is 23.1 Å². The lowest BCUT2D eigenvalue weighted by Gasteiger charge is -2.42. The largest absolute Gasteiger partial charge is 0.417 e. The maximum absolute atomic E-state index is 13.8. The maximum atomic E-state index is 13.8. The molecular weight excluding hydrogens is 833 g/mol. The van der Waals surface area contributed by atoms with Crippen LogP contribution in [0.1, 0.15) is 108 Å². The van der Waals surface area contributed by atoms with Gasteiger partial charge in [-0.05, 0) is 121 Å². The zero-order chi connectivity index (χ0) is 43.3. The smallest absolute Gasteiger partial charge is 0.378 e. The molecule has 0 radical (unpaired) electrons. The van der Waals surface area contributed by atoms with Crippen molar-refractivity contribution in [2.24, 2.45) is 13.0 Å². The van der Waals surface area contributed by atoms with Crippen molar-refractivity contribution < 1.29 is 37.1 Å². The van der Waals surface area contributed by atoms with Crippen LogP contribution in [-0.4, -0.2) is 91.2 Å². The molecule has 4 aliphatic rings. The van der Waals surface area contributed by atoms with Gasteiger partial charge in [-0.3, -0.25) is 39.0 Å². The third-order valence-corrected chi connectivity index (χ3v) is 13.2. The average molecular weight is 885 g/mol. The fourth-order valence-electron chi connectivity index (χ4n) is 9.87. The van der Waals surface area contributed by atoms with Gasteiger partial charge in [0.15, 0.2) is 5.11 Å². The van der Waals surface area contributed by atoms with Crippen LogP contribution >= 0.6 is 24.6 Å². The van der Waals surface area contributed by atoms with E-state index in [4.69, 9.17) is 17.0 Å². The number of benzene rings is 2. The molecule has 328 valence electrons. The van der Waals surface area contributed by atoms with Crippen LogP contribution in [0.3, 0.4) is 0 Å². The Morgan fingerprint density at radius 1 is 1.07 bits per heavy atom. The number of aryl methyl sites for hydroxylation is 1. The summed E-state index contributed by atoms with van der Waals surface area (Å²) >= 11 is 5.75. The first kappa shape index (κ1) is 45.9. The van der Waals surface area contributed by atoms with E-state index in [1.54, 1.807) is 31.6 Å². The van der Waals surface area contributed by atoms with E-state index in [0.29, 0.717) is 43.2 Å². The van der Waals surface area contributed by atoms with Gasteiger partial charge in [-0.2, -0.15) is 23.5 Å². The number of thiocarbonyl (C=S) groups is 1. The molecule has 61 heavy (non-hydrogen) atoms. The number of rotatable bonds is 10. The van der Waals surface area contributed by atoms with E-state index >= 15 is 0 Å². The highest BCUT2D eigenvalue weighted by atomic mass is 35.5.